The molecule has 0 spiro atoms. The summed E-state index contributed by atoms with van der Waals surface area (Å²) in [7, 11) is 0. The van der Waals surface area contributed by atoms with Gasteiger partial charge in [-0.25, -0.2) is 44.3 Å². The van der Waals surface area contributed by atoms with E-state index in [-0.39, 0.29) is 53.9 Å². The van der Waals surface area contributed by atoms with Crippen LogP contribution in [0, 0.1) is 5.41 Å². The molecule has 0 saturated heterocycles. The molecule has 6 atom stereocenters. The minimum atomic E-state index is -1.00. The second-order valence-electron chi connectivity index (χ2n) is 27.5. The van der Waals surface area contributed by atoms with Gasteiger partial charge in [-0.05, 0) is 116 Å². The Morgan fingerprint density at radius 1 is 0.579 bits per heavy atom. The predicted octanol–water partition coefficient (Wildman–Crippen LogP) is 12.3. The molecule has 6 aliphatic carbocycles. The van der Waals surface area contributed by atoms with Crippen molar-refractivity contribution in [1.82, 2.24) is 65.3 Å². The Balaban J connectivity index is 0.000000146. The van der Waals surface area contributed by atoms with E-state index in [1.165, 1.54) is 60.9 Å². The van der Waals surface area contributed by atoms with E-state index in [4.69, 9.17) is 29.4 Å². The quantitative estimate of drug-likeness (QED) is 0.0268. The van der Waals surface area contributed by atoms with Gasteiger partial charge >= 0.3 is 18.2 Å². The number of amides is 2. The fourth-order valence-electron chi connectivity index (χ4n) is 12.6. The Kier molecular flexibility index (Phi) is 21.1. The minimum Gasteiger partial charge on any atom is -0.478 e. The Morgan fingerprint density at radius 3 is 1.35 bits per heavy atom. The molecule has 95 heavy (non-hydrogen) atoms. The van der Waals surface area contributed by atoms with Crippen molar-refractivity contribution in [2.45, 2.75) is 184 Å². The molecule has 5 aromatic heterocycles. The van der Waals surface area contributed by atoms with Crippen molar-refractivity contribution in [1.29, 1.82) is 0 Å². The summed E-state index contributed by atoms with van der Waals surface area (Å²) in [6.45, 7) is 13.2. The van der Waals surface area contributed by atoms with Gasteiger partial charge in [0.25, 0.3) is 11.8 Å². The van der Waals surface area contributed by atoms with Crippen LogP contribution in [0.25, 0.3) is 22.9 Å². The fraction of sp³-hybridized carbons (Fsp3) is 0.465. The molecule has 0 radical (unpaired) electrons. The predicted molar refractivity (Wildman–Crippen MR) is 354 cm³/mol. The van der Waals surface area contributed by atoms with Crippen molar-refractivity contribution in [3.63, 3.8) is 0 Å². The number of carboxylic acid groups (broad SMARTS) is 1. The Bertz CT molecular complexity index is 3810. The number of oxime groups is 1. The Labute approximate surface area is 554 Å². The maximum absolute atomic E-state index is 13.3. The molecule has 2 amide bonds. The van der Waals surface area contributed by atoms with Crippen molar-refractivity contribution in [3.05, 3.63) is 181 Å². The number of amidine groups is 1. The molecule has 24 heteroatoms. The van der Waals surface area contributed by atoms with E-state index in [2.05, 4.69) is 115 Å². The highest BCUT2D eigenvalue weighted by atomic mass is 16.6. The van der Waals surface area contributed by atoms with Crippen LogP contribution in [-0.4, -0.2) is 143 Å². The molecule has 0 bridgehead atoms. The number of carbonyl (C=O) groups is 3. The van der Waals surface area contributed by atoms with Crippen LogP contribution in [-0.2, 0) is 20.3 Å². The number of nitrogens with two attached hydrogens (primary N) is 1. The van der Waals surface area contributed by atoms with E-state index in [9.17, 15) is 19.6 Å². The first kappa shape index (κ1) is 68.3. The van der Waals surface area contributed by atoms with Crippen LogP contribution in [0.2, 0.25) is 0 Å². The van der Waals surface area contributed by atoms with Crippen LogP contribution in [0.3, 0.4) is 0 Å². The highest BCUT2D eigenvalue weighted by molar-refractivity contribution is 5.88. The monoisotopic (exact) mass is 1290 g/mol. The highest BCUT2D eigenvalue weighted by Crippen LogP contribution is 2.52. The number of carboxylic acids is 1. The minimum absolute atomic E-state index is 0. The van der Waals surface area contributed by atoms with Gasteiger partial charge in [-0.3, -0.25) is 0 Å². The second kappa shape index (κ2) is 29.4. The number of nitrogens with one attached hydrogen (secondary N) is 1. The summed E-state index contributed by atoms with van der Waals surface area (Å²) in [6, 6.07) is 32.1. The van der Waals surface area contributed by atoms with E-state index in [1.807, 2.05) is 82.8 Å². The third-order valence-corrected chi connectivity index (χ3v) is 18.5. The number of nitrogens with zero attached hydrogens (tertiary/aromatic N) is 13. The number of benzene rings is 3. The maximum atomic E-state index is 13.3. The van der Waals surface area contributed by atoms with Gasteiger partial charge in [0.05, 0.1) is 22.1 Å². The topological polar surface area (TPSA) is 322 Å². The molecule has 24 nitrogen and oxygen atoms in total. The lowest BCUT2D eigenvalue weighted by Crippen LogP contribution is -2.53. The van der Waals surface area contributed by atoms with Crippen LogP contribution in [0.15, 0.2) is 161 Å². The van der Waals surface area contributed by atoms with Gasteiger partial charge in [-0.1, -0.05) is 133 Å². The molecule has 0 aliphatic heterocycles. The highest BCUT2D eigenvalue weighted by Gasteiger charge is 2.54. The van der Waals surface area contributed by atoms with Crippen molar-refractivity contribution >= 4 is 24.0 Å². The first-order valence-electron chi connectivity index (χ1n) is 32.3. The van der Waals surface area contributed by atoms with Crippen molar-refractivity contribution < 1.29 is 43.2 Å². The number of hydrogen-bond acceptors (Lipinski definition) is 20. The summed E-state index contributed by atoms with van der Waals surface area (Å²) in [5.41, 5.74) is 9.56. The molecule has 8 aromatic rings. The molecule has 5 N–H and O–H groups in total. The first-order chi connectivity index (χ1) is 45.2. The largest absolute Gasteiger partial charge is 0.478 e. The smallest absolute Gasteiger partial charge is 0.410 e. The molecule has 3 unspecified atom stereocenters. The normalized spacial score (nSPS) is 21.3. The third-order valence-electron chi connectivity index (χ3n) is 18.5. The molecule has 500 valence electrons. The Hall–Kier alpha value is -9.58. The van der Waals surface area contributed by atoms with Gasteiger partial charge in [0.2, 0.25) is 0 Å². The van der Waals surface area contributed by atoms with Crippen molar-refractivity contribution in [3.8, 4) is 22.9 Å². The molecular formula is C71H87N15O9. The molecular weight excluding hydrogens is 1210 g/mol. The fourth-order valence-corrected chi connectivity index (χ4v) is 12.6. The summed E-state index contributed by atoms with van der Waals surface area (Å²) >= 11 is 0. The summed E-state index contributed by atoms with van der Waals surface area (Å²) in [6.07, 6.45) is 24.8. The van der Waals surface area contributed by atoms with Gasteiger partial charge in [-0.15, -0.1) is 0 Å². The van der Waals surface area contributed by atoms with E-state index in [0.29, 0.717) is 60.1 Å². The molecule has 5 heterocycles. The van der Waals surface area contributed by atoms with E-state index in [1.54, 1.807) is 29.7 Å². The summed E-state index contributed by atoms with van der Waals surface area (Å²) < 4.78 is 22.5. The number of carbonyl (C=O) groups excluding carboxylic acids is 2. The third kappa shape index (κ3) is 16.9. The van der Waals surface area contributed by atoms with Crippen LogP contribution in [0.4, 0.5) is 9.59 Å². The van der Waals surface area contributed by atoms with E-state index in [0.717, 1.165) is 82.1 Å². The Morgan fingerprint density at radius 2 is 0.979 bits per heavy atom. The molecule has 14 rings (SSSR count). The molecule has 6 aliphatic rings. The van der Waals surface area contributed by atoms with Crippen LogP contribution in [0.5, 0.6) is 0 Å². The number of hydrogen-bond donors (Lipinski definition) is 4. The average molecular weight is 1290 g/mol. The average Bonchev–Trinajstić information content (AvgIpc) is 1.67. The zero-order valence-electron chi connectivity index (χ0n) is 54.1. The summed E-state index contributed by atoms with van der Waals surface area (Å²) in [5.74, 6) is 2.83. The lowest BCUT2D eigenvalue weighted by atomic mass is 9.67. The number of aromatic carboxylic acids is 1. The lowest BCUT2D eigenvalue weighted by molar-refractivity contribution is 0.0110. The molecule has 3 aromatic carbocycles. The zero-order chi connectivity index (χ0) is 66.1. The van der Waals surface area contributed by atoms with Gasteiger partial charge < -0.3 is 49.7 Å². The molecule has 6 fully saturated rings. The van der Waals surface area contributed by atoms with Gasteiger partial charge in [0.1, 0.15) is 36.0 Å². The summed E-state index contributed by atoms with van der Waals surface area (Å²) in [4.78, 5) is 72.5. The number of ether oxygens (including phenoxy) is 2. The van der Waals surface area contributed by atoms with E-state index < -0.39 is 22.6 Å². The molecule has 6 saturated carbocycles. The van der Waals surface area contributed by atoms with Crippen molar-refractivity contribution in [2.75, 3.05) is 19.6 Å². The van der Waals surface area contributed by atoms with Gasteiger partial charge in [0, 0.05) is 104 Å². The zero-order valence-corrected chi connectivity index (χ0v) is 54.1. The maximum Gasteiger partial charge on any atom is 0.410 e. The van der Waals surface area contributed by atoms with Crippen molar-refractivity contribution in [2.24, 2.45) is 16.3 Å². The van der Waals surface area contributed by atoms with Gasteiger partial charge in [-0.2, -0.15) is 9.97 Å². The SMILES string of the molecule is C.CC(C)(C)OC(=O)N(CC1(C(N)=NO)CCC1)[C@H]1CC1c1ccccc1.CC(C)(C)OC(=O)N(CC1(c2noc(-c3cncnc3)n2)CCC1)[C@H]1CC1c1ccccc1.O=C(O)c1cncnc1.c1ccc(C2C[C@@H]2NCC2(c3noc(-c4cncnc4)n3)CCC2)cc1. The standard InChI is InChI=1S/C25H29N5O3.C20H21N5O.C20H29N3O3.C5H4N2O2.CH4/c1-24(2,3)32-23(31)30(20-12-19(20)17-8-5-4-6-9-17)15-25(10-7-11-25)22-28-21(33-29-22)18-13-26-16-27-14-18;1-2-5-14(6-3-1)16-9-17(16)23-12-20(7-4-8-20)19-24-18(26-25-19)15-10-21-13-22-11-15;1-19(2,3)26-18(24)23(13-20(10-7-11-20)17(21)22-25)16-12-15(16)14-8-5-4-6-9-14;8-5(9)4-1-6-3-7-2-4;/h4-6,8-9,13-14,16,19-20H,7,10-12,15H2,1-3H3;1-3,5-6,10-11,13,16-17,23H,4,7-9,12H2;4-6,8-9,15-16,25H,7,10-13H2,1-3H3,(H2,21,22);1-3H,(H,8,9);1H4/t19?,20-;16?,17-;15?,16-;;/m000../s1. The first-order valence-corrected chi connectivity index (χ1v) is 32.3. The number of rotatable bonds is 18. The number of aromatic nitrogens is 10. The van der Waals surface area contributed by atoms with Crippen LogP contribution >= 0.6 is 0 Å². The van der Waals surface area contributed by atoms with Crippen LogP contribution in [0.1, 0.15) is 182 Å². The van der Waals surface area contributed by atoms with E-state index >= 15 is 0 Å². The van der Waals surface area contributed by atoms with Gasteiger partial charge in [0.15, 0.2) is 11.6 Å². The summed E-state index contributed by atoms with van der Waals surface area (Å²) in [5, 5.41) is 33.1. The van der Waals surface area contributed by atoms with Crippen LogP contribution < -0.4 is 11.1 Å². The lowest BCUT2D eigenvalue weighted by Gasteiger charge is -2.44. The second-order valence-corrected chi connectivity index (χ2v) is 27.5.